The van der Waals surface area contributed by atoms with Crippen LogP contribution in [0.5, 0.6) is 0 Å². The van der Waals surface area contributed by atoms with Crippen LogP contribution in [0.2, 0.25) is 0 Å². The van der Waals surface area contributed by atoms with Crippen molar-refractivity contribution in [3.8, 4) is 0 Å². The number of amides is 1. The Morgan fingerprint density at radius 1 is 1.22 bits per heavy atom. The van der Waals surface area contributed by atoms with Crippen LogP contribution in [0.3, 0.4) is 0 Å². The summed E-state index contributed by atoms with van der Waals surface area (Å²) in [5.74, 6) is 2.68. The van der Waals surface area contributed by atoms with Crippen molar-refractivity contribution in [2.45, 2.75) is 13.3 Å². The molecule has 1 aromatic heterocycles. The van der Waals surface area contributed by atoms with Gasteiger partial charge in [-0.3, -0.25) is 9.79 Å². The molecule has 0 aromatic carbocycles. The van der Waals surface area contributed by atoms with Gasteiger partial charge in [0.15, 0.2) is 5.96 Å². The SMILES string of the molecule is CCNC(=NCCSC)NCCC(=O)N1CCN(c2ncccn2)CC1.I. The predicted octanol–water partition coefficient (Wildman–Crippen LogP) is 1.05. The molecule has 10 heteroatoms. The topological polar surface area (TPSA) is 85.8 Å². The Morgan fingerprint density at radius 3 is 2.56 bits per heavy atom. The lowest BCUT2D eigenvalue weighted by atomic mass is 10.3. The summed E-state index contributed by atoms with van der Waals surface area (Å²) in [6, 6.07) is 1.81. The normalized spacial score (nSPS) is 14.5. The third kappa shape index (κ3) is 8.50. The zero-order valence-electron chi connectivity index (χ0n) is 16.1. The Bertz CT molecular complexity index is 568. The van der Waals surface area contributed by atoms with Gasteiger partial charge in [-0.2, -0.15) is 11.8 Å². The second kappa shape index (κ2) is 13.8. The van der Waals surface area contributed by atoms with Crippen LogP contribution in [0.15, 0.2) is 23.5 Å². The minimum absolute atomic E-state index is 0. The smallest absolute Gasteiger partial charge is 0.225 e. The lowest BCUT2D eigenvalue weighted by Crippen LogP contribution is -2.50. The number of aliphatic imine (C=N–C) groups is 1. The van der Waals surface area contributed by atoms with Crippen molar-refractivity contribution in [2.24, 2.45) is 4.99 Å². The number of halogens is 1. The molecule has 1 fully saturated rings. The maximum absolute atomic E-state index is 12.4. The fourth-order valence-electron chi connectivity index (χ4n) is 2.65. The lowest BCUT2D eigenvalue weighted by molar-refractivity contribution is -0.131. The molecule has 0 radical (unpaired) electrons. The molecular formula is C17H30IN7OS. The van der Waals surface area contributed by atoms with Crippen LogP contribution >= 0.6 is 35.7 Å². The maximum Gasteiger partial charge on any atom is 0.225 e. The van der Waals surface area contributed by atoms with Crippen LogP contribution in [0, 0.1) is 0 Å². The first-order valence-electron chi connectivity index (χ1n) is 9.05. The lowest BCUT2D eigenvalue weighted by Gasteiger charge is -2.34. The molecule has 0 spiro atoms. The Balaban J connectivity index is 0.00000364. The third-order valence-corrected chi connectivity index (χ3v) is 4.60. The van der Waals surface area contributed by atoms with Gasteiger partial charge in [0.2, 0.25) is 11.9 Å². The fourth-order valence-corrected chi connectivity index (χ4v) is 2.92. The number of nitrogens with zero attached hydrogens (tertiary/aromatic N) is 5. The van der Waals surface area contributed by atoms with E-state index in [2.05, 4.69) is 36.7 Å². The van der Waals surface area contributed by atoms with E-state index in [9.17, 15) is 4.79 Å². The van der Waals surface area contributed by atoms with Crippen LogP contribution in [0.25, 0.3) is 0 Å². The van der Waals surface area contributed by atoms with Crippen LogP contribution in [-0.4, -0.2) is 84.6 Å². The van der Waals surface area contributed by atoms with Crippen molar-refractivity contribution in [1.82, 2.24) is 25.5 Å². The molecular weight excluding hydrogens is 477 g/mol. The summed E-state index contributed by atoms with van der Waals surface area (Å²) in [7, 11) is 0. The number of nitrogens with one attached hydrogen (secondary N) is 2. The summed E-state index contributed by atoms with van der Waals surface area (Å²) >= 11 is 1.77. The molecule has 2 rings (SSSR count). The quantitative estimate of drug-likeness (QED) is 0.236. The highest BCUT2D eigenvalue weighted by Crippen LogP contribution is 2.10. The van der Waals surface area contributed by atoms with E-state index in [4.69, 9.17) is 0 Å². The first-order valence-corrected chi connectivity index (χ1v) is 10.4. The Morgan fingerprint density at radius 2 is 1.93 bits per heavy atom. The van der Waals surface area contributed by atoms with E-state index in [1.807, 2.05) is 17.9 Å². The highest BCUT2D eigenvalue weighted by atomic mass is 127. The molecule has 1 aliphatic heterocycles. The highest BCUT2D eigenvalue weighted by Gasteiger charge is 2.22. The summed E-state index contributed by atoms with van der Waals surface area (Å²) in [6.07, 6.45) is 6.02. The van der Waals surface area contributed by atoms with Crippen molar-refractivity contribution < 1.29 is 4.79 Å². The van der Waals surface area contributed by atoms with E-state index in [0.29, 0.717) is 26.1 Å². The number of carbonyl (C=O) groups excluding carboxylic acids is 1. The minimum atomic E-state index is 0. The number of hydrogen-bond acceptors (Lipinski definition) is 6. The summed E-state index contributed by atoms with van der Waals surface area (Å²) in [4.78, 5) is 29.5. The number of thioether (sulfide) groups is 1. The van der Waals surface area contributed by atoms with Gasteiger partial charge >= 0.3 is 0 Å². The largest absolute Gasteiger partial charge is 0.357 e. The number of rotatable bonds is 8. The number of piperazine rings is 1. The van der Waals surface area contributed by atoms with E-state index in [1.54, 1.807) is 24.2 Å². The molecule has 1 aliphatic rings. The average molecular weight is 507 g/mol. The van der Waals surface area contributed by atoms with E-state index in [0.717, 1.165) is 43.8 Å². The molecule has 0 saturated carbocycles. The van der Waals surface area contributed by atoms with E-state index < -0.39 is 0 Å². The Kier molecular flexibility index (Phi) is 12.1. The van der Waals surface area contributed by atoms with Gasteiger partial charge in [-0.25, -0.2) is 9.97 Å². The molecule has 27 heavy (non-hydrogen) atoms. The van der Waals surface area contributed by atoms with Crippen LogP contribution in [0.1, 0.15) is 13.3 Å². The van der Waals surface area contributed by atoms with Crippen molar-refractivity contribution in [2.75, 3.05) is 62.7 Å². The maximum atomic E-state index is 12.4. The second-order valence-electron chi connectivity index (χ2n) is 5.85. The van der Waals surface area contributed by atoms with Crippen molar-refractivity contribution >= 4 is 53.6 Å². The van der Waals surface area contributed by atoms with Gasteiger partial charge in [0.05, 0.1) is 6.54 Å². The molecule has 0 bridgehead atoms. The molecule has 2 heterocycles. The van der Waals surface area contributed by atoms with Gasteiger partial charge in [-0.15, -0.1) is 24.0 Å². The van der Waals surface area contributed by atoms with Gasteiger partial charge < -0.3 is 20.4 Å². The monoisotopic (exact) mass is 507 g/mol. The molecule has 1 amide bonds. The first kappa shape index (κ1) is 23.7. The number of aromatic nitrogens is 2. The zero-order chi connectivity index (χ0) is 18.6. The average Bonchev–Trinajstić information content (AvgIpc) is 2.69. The molecule has 8 nitrogen and oxygen atoms in total. The van der Waals surface area contributed by atoms with Gasteiger partial charge in [0, 0.05) is 63.8 Å². The number of guanidine groups is 1. The van der Waals surface area contributed by atoms with Crippen molar-refractivity contribution in [1.29, 1.82) is 0 Å². The van der Waals surface area contributed by atoms with Crippen LogP contribution in [-0.2, 0) is 4.79 Å². The van der Waals surface area contributed by atoms with Gasteiger partial charge in [0.1, 0.15) is 0 Å². The standard InChI is InChI=1S/C17H29N7OS.HI/c1-3-18-16(20-9-14-26-2)19-8-5-15(25)23-10-12-24(13-11-23)17-21-6-4-7-22-17;/h4,6-7H,3,5,8-14H2,1-2H3,(H2,18,19,20);1H. The van der Waals surface area contributed by atoms with Crippen LogP contribution in [0.4, 0.5) is 5.95 Å². The molecule has 1 aromatic rings. The molecule has 1 saturated heterocycles. The third-order valence-electron chi connectivity index (χ3n) is 4.01. The fraction of sp³-hybridized carbons (Fsp3) is 0.647. The molecule has 152 valence electrons. The summed E-state index contributed by atoms with van der Waals surface area (Å²) in [5, 5.41) is 6.44. The first-order chi connectivity index (χ1) is 12.7. The van der Waals surface area contributed by atoms with Crippen LogP contribution < -0.4 is 15.5 Å². The number of hydrogen-bond donors (Lipinski definition) is 2. The van der Waals surface area contributed by atoms with E-state index in [-0.39, 0.29) is 29.9 Å². The molecule has 2 N–H and O–H groups in total. The molecule has 0 aliphatic carbocycles. The summed E-state index contributed by atoms with van der Waals surface area (Å²) in [5.41, 5.74) is 0. The summed E-state index contributed by atoms with van der Waals surface area (Å²) < 4.78 is 0. The predicted molar refractivity (Wildman–Crippen MR) is 123 cm³/mol. The highest BCUT2D eigenvalue weighted by molar-refractivity contribution is 14.0. The Labute approximate surface area is 183 Å². The number of carbonyl (C=O) groups is 1. The Hall–Kier alpha value is -1.30. The molecule has 0 unspecified atom stereocenters. The van der Waals surface area contributed by atoms with Crippen molar-refractivity contribution in [3.63, 3.8) is 0 Å². The second-order valence-corrected chi connectivity index (χ2v) is 6.83. The zero-order valence-corrected chi connectivity index (χ0v) is 19.2. The number of anilines is 1. The van der Waals surface area contributed by atoms with E-state index in [1.165, 1.54) is 0 Å². The summed E-state index contributed by atoms with van der Waals surface area (Å²) in [6.45, 7) is 7.15. The van der Waals surface area contributed by atoms with E-state index >= 15 is 0 Å². The molecule has 0 atom stereocenters. The van der Waals surface area contributed by atoms with Gasteiger partial charge in [-0.1, -0.05) is 0 Å². The minimum Gasteiger partial charge on any atom is -0.357 e. The van der Waals surface area contributed by atoms with Gasteiger partial charge in [-0.05, 0) is 19.2 Å². The van der Waals surface area contributed by atoms with Crippen molar-refractivity contribution in [3.05, 3.63) is 18.5 Å². The van der Waals surface area contributed by atoms with Gasteiger partial charge in [0.25, 0.3) is 0 Å².